The van der Waals surface area contributed by atoms with Gasteiger partial charge < -0.3 is 0 Å². The first-order valence-electron chi connectivity index (χ1n) is 5.73. The third kappa shape index (κ3) is 2.05. The van der Waals surface area contributed by atoms with E-state index in [0.717, 1.165) is 15.3 Å². The van der Waals surface area contributed by atoms with Crippen molar-refractivity contribution in [1.82, 2.24) is 15.4 Å². The van der Waals surface area contributed by atoms with Crippen LogP contribution in [-0.4, -0.2) is 15.4 Å². The second kappa shape index (κ2) is 4.96. The summed E-state index contributed by atoms with van der Waals surface area (Å²) in [7, 11) is 0. The van der Waals surface area contributed by atoms with Crippen molar-refractivity contribution in [2.75, 3.05) is 0 Å². The number of benzene rings is 1. The zero-order chi connectivity index (χ0) is 13.9. The minimum atomic E-state index is 0.290. The maximum atomic E-state index is 8.95. The SMILES string of the molecule is N#Cc1ccc(-c2ccc(-c3n[nH]nc3C#N)s2)cc1. The van der Waals surface area contributed by atoms with Crippen molar-refractivity contribution in [3.8, 4) is 33.2 Å². The Morgan fingerprint density at radius 1 is 0.900 bits per heavy atom. The molecule has 3 rings (SSSR count). The number of rotatable bonds is 2. The standard InChI is InChI=1S/C14H7N5S/c15-7-9-1-3-10(4-2-9)12-5-6-13(20-12)14-11(8-16)17-19-18-14/h1-6H,(H,17,18,19). The summed E-state index contributed by atoms with van der Waals surface area (Å²) in [4.78, 5) is 1.94. The Balaban J connectivity index is 1.98. The van der Waals surface area contributed by atoms with Gasteiger partial charge in [-0.3, -0.25) is 0 Å². The molecule has 20 heavy (non-hydrogen) atoms. The summed E-state index contributed by atoms with van der Waals surface area (Å²) >= 11 is 1.53. The Morgan fingerprint density at radius 3 is 2.35 bits per heavy atom. The van der Waals surface area contributed by atoms with Crippen LogP contribution in [0.4, 0.5) is 0 Å². The minimum Gasteiger partial charge on any atom is -0.196 e. The van der Waals surface area contributed by atoms with Gasteiger partial charge in [-0.05, 0) is 29.8 Å². The third-order valence-corrected chi connectivity index (χ3v) is 3.93. The van der Waals surface area contributed by atoms with Crippen molar-refractivity contribution in [3.63, 3.8) is 0 Å². The van der Waals surface area contributed by atoms with Gasteiger partial charge in [-0.15, -0.1) is 16.4 Å². The first-order valence-corrected chi connectivity index (χ1v) is 6.55. The first kappa shape index (κ1) is 12.1. The summed E-state index contributed by atoms with van der Waals surface area (Å²) < 4.78 is 0. The van der Waals surface area contributed by atoms with E-state index in [1.807, 2.05) is 30.3 Å². The highest BCUT2D eigenvalue weighted by Gasteiger charge is 2.12. The van der Waals surface area contributed by atoms with Crippen LogP contribution >= 0.6 is 11.3 Å². The molecule has 0 fully saturated rings. The zero-order valence-corrected chi connectivity index (χ0v) is 11.0. The Morgan fingerprint density at radius 2 is 1.65 bits per heavy atom. The second-order valence-electron chi connectivity index (χ2n) is 3.99. The summed E-state index contributed by atoms with van der Waals surface area (Å²) in [5, 5.41) is 28.0. The number of hydrogen-bond donors (Lipinski definition) is 1. The van der Waals surface area contributed by atoms with E-state index >= 15 is 0 Å². The van der Waals surface area contributed by atoms with Gasteiger partial charge in [0, 0.05) is 4.88 Å². The lowest BCUT2D eigenvalue weighted by molar-refractivity contribution is 0.937. The third-order valence-electron chi connectivity index (χ3n) is 2.79. The quantitative estimate of drug-likeness (QED) is 0.779. The predicted octanol–water partition coefficient (Wildman–Crippen LogP) is 2.94. The van der Waals surface area contributed by atoms with Gasteiger partial charge in [-0.25, -0.2) is 0 Å². The normalized spacial score (nSPS) is 9.90. The molecule has 0 unspecified atom stereocenters. The van der Waals surface area contributed by atoms with Crippen LogP contribution in [0, 0.1) is 22.7 Å². The van der Waals surface area contributed by atoms with Crippen LogP contribution < -0.4 is 0 Å². The lowest BCUT2D eigenvalue weighted by Gasteiger charge is -1.96. The van der Waals surface area contributed by atoms with Gasteiger partial charge in [-0.2, -0.15) is 20.8 Å². The Kier molecular flexibility index (Phi) is 3.00. The average Bonchev–Trinajstić information content (AvgIpc) is 3.15. The lowest BCUT2D eigenvalue weighted by atomic mass is 10.1. The van der Waals surface area contributed by atoms with E-state index in [4.69, 9.17) is 10.5 Å². The van der Waals surface area contributed by atoms with Gasteiger partial charge in [0.15, 0.2) is 5.69 Å². The van der Waals surface area contributed by atoms with Gasteiger partial charge in [0.25, 0.3) is 0 Å². The Bertz CT molecular complexity index is 830. The molecule has 0 spiro atoms. The molecular weight excluding hydrogens is 270 g/mol. The largest absolute Gasteiger partial charge is 0.196 e. The highest BCUT2D eigenvalue weighted by atomic mass is 32.1. The van der Waals surface area contributed by atoms with Crippen LogP contribution in [0.1, 0.15) is 11.3 Å². The van der Waals surface area contributed by atoms with E-state index in [0.29, 0.717) is 17.0 Å². The maximum absolute atomic E-state index is 8.95. The molecule has 1 N–H and O–H groups in total. The number of H-pyrrole nitrogens is 1. The fourth-order valence-corrected chi connectivity index (χ4v) is 2.81. The Labute approximate surface area is 118 Å². The van der Waals surface area contributed by atoms with Crippen molar-refractivity contribution >= 4 is 11.3 Å². The topological polar surface area (TPSA) is 89.2 Å². The van der Waals surface area contributed by atoms with Crippen LogP contribution in [0.5, 0.6) is 0 Å². The molecule has 1 aromatic carbocycles. The lowest BCUT2D eigenvalue weighted by Crippen LogP contribution is -1.77. The van der Waals surface area contributed by atoms with E-state index in [1.165, 1.54) is 11.3 Å². The molecule has 0 atom stereocenters. The molecule has 94 valence electrons. The summed E-state index contributed by atoms with van der Waals surface area (Å²) in [5.41, 5.74) is 2.52. The van der Waals surface area contributed by atoms with Crippen LogP contribution in [0.2, 0.25) is 0 Å². The molecule has 6 heteroatoms. The minimum absolute atomic E-state index is 0.290. The molecule has 0 aliphatic rings. The van der Waals surface area contributed by atoms with Crippen molar-refractivity contribution in [3.05, 3.63) is 47.7 Å². The van der Waals surface area contributed by atoms with Gasteiger partial charge in [0.05, 0.1) is 16.5 Å². The molecule has 0 aliphatic heterocycles. The van der Waals surface area contributed by atoms with Crippen LogP contribution in [0.3, 0.4) is 0 Å². The maximum Gasteiger partial charge on any atom is 0.191 e. The van der Waals surface area contributed by atoms with Gasteiger partial charge in [0.1, 0.15) is 11.8 Å². The van der Waals surface area contributed by atoms with Crippen LogP contribution in [0.15, 0.2) is 36.4 Å². The average molecular weight is 277 g/mol. The van der Waals surface area contributed by atoms with E-state index < -0.39 is 0 Å². The molecule has 5 nitrogen and oxygen atoms in total. The first-order chi connectivity index (χ1) is 9.81. The molecule has 0 radical (unpaired) electrons. The number of hydrogen-bond acceptors (Lipinski definition) is 5. The molecule has 0 amide bonds. The monoisotopic (exact) mass is 277 g/mol. The molecule has 2 heterocycles. The van der Waals surface area contributed by atoms with Crippen LogP contribution in [-0.2, 0) is 0 Å². The van der Waals surface area contributed by atoms with Crippen molar-refractivity contribution in [1.29, 1.82) is 10.5 Å². The summed E-state index contributed by atoms with van der Waals surface area (Å²) in [5.74, 6) is 0. The summed E-state index contributed by atoms with van der Waals surface area (Å²) in [6.07, 6.45) is 0. The fraction of sp³-hybridized carbons (Fsp3) is 0. The molecule has 0 aliphatic carbocycles. The van der Waals surface area contributed by atoms with Crippen molar-refractivity contribution < 1.29 is 0 Å². The number of aromatic amines is 1. The highest BCUT2D eigenvalue weighted by molar-refractivity contribution is 7.18. The van der Waals surface area contributed by atoms with E-state index in [-0.39, 0.29) is 0 Å². The molecule has 0 saturated heterocycles. The number of nitrogens with zero attached hydrogens (tertiary/aromatic N) is 4. The molecule has 0 bridgehead atoms. The van der Waals surface area contributed by atoms with Gasteiger partial charge in [-0.1, -0.05) is 12.1 Å². The van der Waals surface area contributed by atoms with E-state index in [9.17, 15) is 0 Å². The molecule has 0 saturated carbocycles. The van der Waals surface area contributed by atoms with E-state index in [1.54, 1.807) is 12.1 Å². The second-order valence-corrected chi connectivity index (χ2v) is 5.07. The zero-order valence-electron chi connectivity index (χ0n) is 10.2. The van der Waals surface area contributed by atoms with Crippen molar-refractivity contribution in [2.24, 2.45) is 0 Å². The molecule has 2 aromatic heterocycles. The van der Waals surface area contributed by atoms with E-state index in [2.05, 4.69) is 21.5 Å². The number of nitrogens with one attached hydrogen (secondary N) is 1. The predicted molar refractivity (Wildman–Crippen MR) is 74.6 cm³/mol. The molecule has 3 aromatic rings. The van der Waals surface area contributed by atoms with Gasteiger partial charge in [0.2, 0.25) is 0 Å². The van der Waals surface area contributed by atoms with Crippen LogP contribution in [0.25, 0.3) is 21.0 Å². The smallest absolute Gasteiger partial charge is 0.191 e. The summed E-state index contributed by atoms with van der Waals surface area (Å²) in [6.45, 7) is 0. The van der Waals surface area contributed by atoms with Gasteiger partial charge >= 0.3 is 0 Å². The highest BCUT2D eigenvalue weighted by Crippen LogP contribution is 2.34. The Hall–Kier alpha value is -2.96. The van der Waals surface area contributed by atoms with Crippen molar-refractivity contribution in [2.45, 2.75) is 0 Å². The molecular formula is C14H7N5S. The number of nitriles is 2. The number of thiophene rings is 1. The fourth-order valence-electron chi connectivity index (χ4n) is 1.81. The summed E-state index contributed by atoms with van der Waals surface area (Å²) in [6, 6.07) is 15.4. The number of aromatic nitrogens is 3.